The highest BCUT2D eigenvalue weighted by molar-refractivity contribution is 5.80. The summed E-state index contributed by atoms with van der Waals surface area (Å²) in [4.78, 5) is 26.3. The molecule has 0 spiro atoms. The zero-order valence-corrected chi connectivity index (χ0v) is 15.0. The molecule has 1 aromatic carbocycles. The highest BCUT2D eigenvalue weighted by Crippen LogP contribution is 2.24. The van der Waals surface area contributed by atoms with Crippen LogP contribution in [0.25, 0.3) is 6.08 Å². The van der Waals surface area contributed by atoms with E-state index in [-0.39, 0.29) is 18.0 Å². The van der Waals surface area contributed by atoms with E-state index in [1.165, 1.54) is 7.11 Å². The van der Waals surface area contributed by atoms with Crippen molar-refractivity contribution in [2.24, 2.45) is 0 Å². The van der Waals surface area contributed by atoms with Crippen LogP contribution in [-0.2, 0) is 19.1 Å². The second kappa shape index (κ2) is 9.99. The number of methoxy groups -OCH3 is 1. The third kappa shape index (κ3) is 5.43. The van der Waals surface area contributed by atoms with Gasteiger partial charge >= 0.3 is 11.9 Å². The molecule has 25 heavy (non-hydrogen) atoms. The minimum absolute atomic E-state index is 0.258. The van der Waals surface area contributed by atoms with E-state index < -0.39 is 6.04 Å². The van der Waals surface area contributed by atoms with Crippen LogP contribution in [0.1, 0.15) is 38.2 Å². The molecule has 1 aromatic rings. The van der Waals surface area contributed by atoms with Crippen LogP contribution in [0.3, 0.4) is 0 Å². The molecule has 1 aliphatic rings. The van der Waals surface area contributed by atoms with Crippen molar-refractivity contribution in [2.45, 2.75) is 44.7 Å². The maximum absolute atomic E-state index is 12.4. The lowest BCUT2D eigenvalue weighted by atomic mass is 10.1. The zero-order valence-electron chi connectivity index (χ0n) is 15.0. The van der Waals surface area contributed by atoms with Gasteiger partial charge in [-0.1, -0.05) is 42.5 Å². The fraction of sp³-hybridized carbons (Fsp3) is 0.500. The van der Waals surface area contributed by atoms with Gasteiger partial charge in [-0.05, 0) is 44.7 Å². The molecule has 1 heterocycles. The van der Waals surface area contributed by atoms with Gasteiger partial charge in [-0.2, -0.15) is 0 Å². The standard InChI is InChI=1S/C20H27NO4/c1-3-25-20(23)18(21-15-9-14-17(21)19(22)24-2)13-8-7-12-16-10-5-4-6-11-16/h4-7,10-12,17-18H,3,8-9,13-15H2,1-2H3. The number of ether oxygens (including phenoxy) is 2. The Morgan fingerprint density at radius 1 is 1.32 bits per heavy atom. The van der Waals surface area contributed by atoms with Crippen LogP contribution < -0.4 is 0 Å². The van der Waals surface area contributed by atoms with Crippen molar-refractivity contribution < 1.29 is 19.1 Å². The van der Waals surface area contributed by atoms with Gasteiger partial charge in [-0.3, -0.25) is 14.5 Å². The number of hydrogen-bond acceptors (Lipinski definition) is 5. The van der Waals surface area contributed by atoms with Gasteiger partial charge < -0.3 is 9.47 Å². The molecule has 1 aliphatic heterocycles. The van der Waals surface area contributed by atoms with Crippen LogP contribution in [0.15, 0.2) is 36.4 Å². The largest absolute Gasteiger partial charge is 0.468 e. The Labute approximate surface area is 149 Å². The van der Waals surface area contributed by atoms with E-state index in [1.54, 1.807) is 6.92 Å². The van der Waals surface area contributed by atoms with E-state index >= 15 is 0 Å². The van der Waals surface area contributed by atoms with Gasteiger partial charge in [-0.15, -0.1) is 0 Å². The van der Waals surface area contributed by atoms with Crippen molar-refractivity contribution in [3.63, 3.8) is 0 Å². The zero-order chi connectivity index (χ0) is 18.1. The molecular formula is C20H27NO4. The van der Waals surface area contributed by atoms with Crippen LogP contribution in [0.4, 0.5) is 0 Å². The molecule has 0 saturated carbocycles. The van der Waals surface area contributed by atoms with Gasteiger partial charge in [0.15, 0.2) is 0 Å². The molecule has 0 aromatic heterocycles. The number of hydrogen-bond donors (Lipinski definition) is 0. The first-order valence-corrected chi connectivity index (χ1v) is 8.89. The number of rotatable bonds is 8. The summed E-state index contributed by atoms with van der Waals surface area (Å²) in [5.74, 6) is -0.530. The van der Waals surface area contributed by atoms with Gasteiger partial charge in [-0.25, -0.2) is 0 Å². The van der Waals surface area contributed by atoms with Crippen LogP contribution in [0.5, 0.6) is 0 Å². The van der Waals surface area contributed by atoms with Gasteiger partial charge in [0.2, 0.25) is 0 Å². The van der Waals surface area contributed by atoms with E-state index in [0.29, 0.717) is 19.6 Å². The molecule has 0 aliphatic carbocycles. The lowest BCUT2D eigenvalue weighted by molar-refractivity contribution is -0.154. The van der Waals surface area contributed by atoms with Crippen LogP contribution in [-0.4, -0.2) is 49.2 Å². The van der Waals surface area contributed by atoms with Crippen molar-refractivity contribution in [3.05, 3.63) is 42.0 Å². The molecule has 2 unspecified atom stereocenters. The molecule has 136 valence electrons. The fourth-order valence-electron chi connectivity index (χ4n) is 3.25. The van der Waals surface area contributed by atoms with E-state index in [2.05, 4.69) is 6.08 Å². The molecule has 5 heteroatoms. The average Bonchev–Trinajstić information content (AvgIpc) is 3.11. The Morgan fingerprint density at radius 2 is 2.08 bits per heavy atom. The van der Waals surface area contributed by atoms with Crippen LogP contribution in [0, 0.1) is 0 Å². The Hall–Kier alpha value is -2.14. The van der Waals surface area contributed by atoms with Crippen LogP contribution >= 0.6 is 0 Å². The lowest BCUT2D eigenvalue weighted by Gasteiger charge is -2.29. The minimum atomic E-state index is -0.410. The third-order valence-corrected chi connectivity index (χ3v) is 4.44. The Bertz CT molecular complexity index is 585. The number of nitrogens with zero attached hydrogens (tertiary/aromatic N) is 1. The van der Waals surface area contributed by atoms with Gasteiger partial charge in [0, 0.05) is 0 Å². The van der Waals surface area contributed by atoms with E-state index in [1.807, 2.05) is 41.3 Å². The van der Waals surface area contributed by atoms with Crippen molar-refractivity contribution >= 4 is 18.0 Å². The first-order chi connectivity index (χ1) is 12.2. The van der Waals surface area contributed by atoms with E-state index in [9.17, 15) is 9.59 Å². The monoisotopic (exact) mass is 345 g/mol. The van der Waals surface area contributed by atoms with Gasteiger partial charge in [0.25, 0.3) is 0 Å². The molecule has 2 atom stereocenters. The normalized spacial score (nSPS) is 19.0. The molecule has 1 saturated heterocycles. The molecule has 0 N–H and O–H groups in total. The number of allylic oxidation sites excluding steroid dienone is 1. The molecule has 0 radical (unpaired) electrons. The highest BCUT2D eigenvalue weighted by Gasteiger charge is 2.39. The number of carbonyl (C=O) groups excluding carboxylic acids is 2. The third-order valence-electron chi connectivity index (χ3n) is 4.44. The summed E-state index contributed by atoms with van der Waals surface area (Å²) in [5.41, 5.74) is 1.13. The summed E-state index contributed by atoms with van der Waals surface area (Å²) >= 11 is 0. The predicted octanol–water partition coefficient (Wildman–Crippen LogP) is 3.05. The SMILES string of the molecule is CCOC(=O)C(CCC=Cc1ccccc1)N1CCCC1C(=O)OC. The second-order valence-corrected chi connectivity index (χ2v) is 6.08. The maximum atomic E-state index is 12.4. The molecule has 1 fully saturated rings. The number of benzene rings is 1. The topological polar surface area (TPSA) is 55.8 Å². The van der Waals surface area contributed by atoms with E-state index in [4.69, 9.17) is 9.47 Å². The smallest absolute Gasteiger partial charge is 0.323 e. The molecule has 2 rings (SSSR count). The molecule has 0 bridgehead atoms. The summed E-state index contributed by atoms with van der Waals surface area (Å²) in [6, 6.07) is 9.28. The Morgan fingerprint density at radius 3 is 2.76 bits per heavy atom. The summed E-state index contributed by atoms with van der Waals surface area (Å²) < 4.78 is 10.1. The van der Waals surface area contributed by atoms with E-state index in [0.717, 1.165) is 24.8 Å². The number of likely N-dealkylation sites (tertiary alicyclic amines) is 1. The number of esters is 2. The first kappa shape index (κ1) is 19.2. The summed E-state index contributed by atoms with van der Waals surface area (Å²) in [5, 5.41) is 0. The second-order valence-electron chi connectivity index (χ2n) is 6.08. The summed E-state index contributed by atoms with van der Waals surface area (Å²) in [6.07, 6.45) is 7.07. The van der Waals surface area contributed by atoms with Gasteiger partial charge in [0.05, 0.1) is 13.7 Å². The fourth-order valence-corrected chi connectivity index (χ4v) is 3.25. The quantitative estimate of drug-likeness (QED) is 0.678. The minimum Gasteiger partial charge on any atom is -0.468 e. The Balaban J connectivity index is 2.01. The Kier molecular flexibility index (Phi) is 7.67. The van der Waals surface area contributed by atoms with Crippen molar-refractivity contribution in [3.8, 4) is 0 Å². The van der Waals surface area contributed by atoms with Crippen molar-refractivity contribution in [2.75, 3.05) is 20.3 Å². The molecular weight excluding hydrogens is 318 g/mol. The predicted molar refractivity (Wildman–Crippen MR) is 96.9 cm³/mol. The summed E-state index contributed by atoms with van der Waals surface area (Å²) in [7, 11) is 1.39. The van der Waals surface area contributed by atoms with Crippen LogP contribution in [0.2, 0.25) is 0 Å². The average molecular weight is 345 g/mol. The number of carbonyl (C=O) groups is 2. The molecule has 5 nitrogen and oxygen atoms in total. The lowest BCUT2D eigenvalue weighted by Crippen LogP contribution is -2.48. The summed E-state index contributed by atoms with van der Waals surface area (Å²) in [6.45, 7) is 2.85. The highest BCUT2D eigenvalue weighted by atomic mass is 16.5. The molecule has 0 amide bonds. The van der Waals surface area contributed by atoms with Gasteiger partial charge in [0.1, 0.15) is 12.1 Å². The van der Waals surface area contributed by atoms with Crippen molar-refractivity contribution in [1.82, 2.24) is 4.90 Å². The first-order valence-electron chi connectivity index (χ1n) is 8.89. The maximum Gasteiger partial charge on any atom is 0.323 e. The van der Waals surface area contributed by atoms with Crippen molar-refractivity contribution in [1.29, 1.82) is 0 Å².